The average molecular weight is 269 g/mol. The van der Waals surface area contributed by atoms with Gasteiger partial charge in [0.2, 0.25) is 0 Å². The van der Waals surface area contributed by atoms with E-state index in [-0.39, 0.29) is 5.69 Å². The molecule has 0 spiro atoms. The Morgan fingerprint density at radius 3 is 2.93 bits per heavy atom. The van der Waals surface area contributed by atoms with E-state index in [2.05, 4.69) is 27.2 Å². The first-order chi connectivity index (χ1) is 7.15. The Bertz CT molecular complexity index is 412. The zero-order chi connectivity index (χ0) is 11.3. The van der Waals surface area contributed by atoms with E-state index in [0.717, 1.165) is 4.47 Å². The minimum Gasteiger partial charge on any atom is -0.379 e. The summed E-state index contributed by atoms with van der Waals surface area (Å²) in [6, 6.07) is 4.74. The predicted octanol–water partition coefficient (Wildman–Crippen LogP) is 2.79. The van der Waals surface area contributed by atoms with Crippen LogP contribution in [0, 0.1) is 22.5 Å². The Labute approximate surface area is 96.0 Å². The highest BCUT2D eigenvalue weighted by Gasteiger charge is 2.12. The maximum absolute atomic E-state index is 10.7. The molecular weight excluding hydrogens is 260 g/mol. The Kier molecular flexibility index (Phi) is 4.13. The molecule has 78 valence electrons. The van der Waals surface area contributed by atoms with Crippen molar-refractivity contribution in [2.45, 2.75) is 6.42 Å². The summed E-state index contributed by atoms with van der Waals surface area (Å²) in [4.78, 5) is 10.2. The van der Waals surface area contributed by atoms with E-state index in [1.54, 1.807) is 12.1 Å². The van der Waals surface area contributed by atoms with Gasteiger partial charge in [0.25, 0.3) is 5.69 Å². The van der Waals surface area contributed by atoms with Crippen LogP contribution in [0.5, 0.6) is 0 Å². The Morgan fingerprint density at radius 1 is 1.60 bits per heavy atom. The van der Waals surface area contributed by atoms with Gasteiger partial charge < -0.3 is 5.32 Å². The molecule has 0 saturated heterocycles. The third-order valence-corrected chi connectivity index (χ3v) is 2.23. The van der Waals surface area contributed by atoms with Gasteiger partial charge in [0.05, 0.1) is 4.92 Å². The summed E-state index contributed by atoms with van der Waals surface area (Å²) < 4.78 is 0.788. The predicted molar refractivity (Wildman–Crippen MR) is 62.7 cm³/mol. The molecule has 5 heteroatoms. The Hall–Kier alpha value is -1.54. The van der Waals surface area contributed by atoms with E-state index >= 15 is 0 Å². The van der Waals surface area contributed by atoms with Gasteiger partial charge in [0.1, 0.15) is 5.69 Å². The van der Waals surface area contributed by atoms with Gasteiger partial charge in [0, 0.05) is 23.5 Å². The lowest BCUT2D eigenvalue weighted by Gasteiger charge is -2.05. The summed E-state index contributed by atoms with van der Waals surface area (Å²) in [5.41, 5.74) is 0.528. The van der Waals surface area contributed by atoms with Crippen LogP contribution < -0.4 is 5.32 Å². The molecule has 4 nitrogen and oxygen atoms in total. The van der Waals surface area contributed by atoms with Gasteiger partial charge in [-0.2, -0.15) is 0 Å². The van der Waals surface area contributed by atoms with Crippen LogP contribution in [0.15, 0.2) is 22.7 Å². The summed E-state index contributed by atoms with van der Waals surface area (Å²) >= 11 is 3.25. The lowest BCUT2D eigenvalue weighted by Crippen LogP contribution is -2.03. The maximum atomic E-state index is 10.7. The van der Waals surface area contributed by atoms with Crippen LogP contribution >= 0.6 is 15.9 Å². The fraction of sp³-hybridized carbons (Fsp3) is 0.200. The van der Waals surface area contributed by atoms with E-state index in [1.165, 1.54) is 6.07 Å². The van der Waals surface area contributed by atoms with Crippen molar-refractivity contribution in [1.82, 2.24) is 0 Å². The quantitative estimate of drug-likeness (QED) is 0.396. The van der Waals surface area contributed by atoms with Gasteiger partial charge in [0.15, 0.2) is 0 Å². The van der Waals surface area contributed by atoms with Crippen molar-refractivity contribution in [3.05, 3.63) is 32.8 Å². The van der Waals surface area contributed by atoms with Crippen molar-refractivity contribution in [2.24, 2.45) is 0 Å². The molecule has 0 heterocycles. The molecule has 0 bridgehead atoms. The van der Waals surface area contributed by atoms with E-state index in [1.807, 2.05) is 0 Å². The normalized spacial score (nSPS) is 9.33. The van der Waals surface area contributed by atoms with Crippen LogP contribution in [0.3, 0.4) is 0 Å². The molecule has 0 aromatic heterocycles. The number of nitrogens with one attached hydrogen (secondary N) is 1. The molecule has 1 aromatic carbocycles. The molecular formula is C10H9BrN2O2. The maximum Gasteiger partial charge on any atom is 0.292 e. The second kappa shape index (κ2) is 5.37. The number of benzene rings is 1. The SMILES string of the molecule is C#CCCNc1cc(Br)ccc1[N+](=O)[O-]. The average Bonchev–Trinajstić information content (AvgIpc) is 2.18. The van der Waals surface area contributed by atoms with E-state index in [4.69, 9.17) is 6.42 Å². The third kappa shape index (κ3) is 3.26. The Morgan fingerprint density at radius 2 is 2.33 bits per heavy atom. The fourth-order valence-corrected chi connectivity index (χ4v) is 1.44. The van der Waals surface area contributed by atoms with Crippen molar-refractivity contribution in [3.63, 3.8) is 0 Å². The van der Waals surface area contributed by atoms with Crippen LogP contribution in [-0.2, 0) is 0 Å². The first kappa shape index (κ1) is 11.5. The largest absolute Gasteiger partial charge is 0.379 e. The number of nitro groups is 1. The van der Waals surface area contributed by atoms with Gasteiger partial charge >= 0.3 is 0 Å². The second-order valence-corrected chi connectivity index (χ2v) is 3.72. The van der Waals surface area contributed by atoms with E-state index < -0.39 is 4.92 Å². The highest BCUT2D eigenvalue weighted by Crippen LogP contribution is 2.27. The Balaban J connectivity index is 2.88. The number of hydrogen-bond acceptors (Lipinski definition) is 3. The van der Waals surface area contributed by atoms with Crippen molar-refractivity contribution in [1.29, 1.82) is 0 Å². The number of terminal acetylenes is 1. The summed E-state index contributed by atoms with van der Waals surface area (Å²) in [6.45, 7) is 0.522. The van der Waals surface area contributed by atoms with Crippen molar-refractivity contribution in [3.8, 4) is 12.3 Å². The van der Waals surface area contributed by atoms with Crippen molar-refractivity contribution in [2.75, 3.05) is 11.9 Å². The van der Waals surface area contributed by atoms with Crippen LogP contribution in [0.2, 0.25) is 0 Å². The van der Waals surface area contributed by atoms with Gasteiger partial charge in [-0.3, -0.25) is 10.1 Å². The molecule has 0 saturated carbocycles. The molecule has 0 aliphatic heterocycles. The first-order valence-corrected chi connectivity index (χ1v) is 5.05. The molecule has 1 aromatic rings. The van der Waals surface area contributed by atoms with Gasteiger partial charge in [-0.05, 0) is 12.1 Å². The minimum atomic E-state index is -0.426. The number of halogens is 1. The molecule has 0 fully saturated rings. The highest BCUT2D eigenvalue weighted by atomic mass is 79.9. The smallest absolute Gasteiger partial charge is 0.292 e. The summed E-state index contributed by atoms with van der Waals surface area (Å²) in [6.07, 6.45) is 5.62. The third-order valence-electron chi connectivity index (χ3n) is 1.74. The zero-order valence-corrected chi connectivity index (χ0v) is 9.45. The molecule has 15 heavy (non-hydrogen) atoms. The highest BCUT2D eigenvalue weighted by molar-refractivity contribution is 9.10. The second-order valence-electron chi connectivity index (χ2n) is 2.80. The topological polar surface area (TPSA) is 55.2 Å². The molecule has 1 N–H and O–H groups in total. The van der Waals surface area contributed by atoms with Crippen LogP contribution in [-0.4, -0.2) is 11.5 Å². The van der Waals surface area contributed by atoms with Crippen LogP contribution in [0.1, 0.15) is 6.42 Å². The minimum absolute atomic E-state index is 0.0511. The van der Waals surface area contributed by atoms with Crippen LogP contribution in [0.4, 0.5) is 11.4 Å². The monoisotopic (exact) mass is 268 g/mol. The standard InChI is InChI=1S/C10H9BrN2O2/c1-2-3-6-12-9-7-8(11)4-5-10(9)13(14)15/h1,4-5,7,12H,3,6H2. The van der Waals surface area contributed by atoms with Crippen LogP contribution in [0.25, 0.3) is 0 Å². The number of hydrogen-bond donors (Lipinski definition) is 1. The van der Waals surface area contributed by atoms with Crippen molar-refractivity contribution < 1.29 is 4.92 Å². The number of nitrogens with zero attached hydrogens (tertiary/aromatic N) is 1. The fourth-order valence-electron chi connectivity index (χ4n) is 1.08. The number of rotatable bonds is 4. The number of anilines is 1. The first-order valence-electron chi connectivity index (χ1n) is 4.26. The molecule has 0 atom stereocenters. The van der Waals surface area contributed by atoms with E-state index in [9.17, 15) is 10.1 Å². The van der Waals surface area contributed by atoms with Crippen molar-refractivity contribution >= 4 is 27.3 Å². The molecule has 0 amide bonds. The summed E-state index contributed by atoms with van der Waals surface area (Å²) in [5, 5.41) is 13.6. The molecule has 0 unspecified atom stereocenters. The molecule has 0 aliphatic carbocycles. The number of nitro benzene ring substituents is 1. The van der Waals surface area contributed by atoms with Gasteiger partial charge in [-0.25, -0.2) is 0 Å². The lowest BCUT2D eigenvalue weighted by atomic mass is 10.2. The summed E-state index contributed by atoms with van der Waals surface area (Å²) in [5.74, 6) is 2.46. The lowest BCUT2D eigenvalue weighted by molar-refractivity contribution is -0.384. The summed E-state index contributed by atoms with van der Waals surface area (Å²) in [7, 11) is 0. The zero-order valence-electron chi connectivity index (χ0n) is 7.87. The molecule has 0 radical (unpaired) electrons. The molecule has 1 rings (SSSR count). The molecule has 0 aliphatic rings. The van der Waals surface area contributed by atoms with Gasteiger partial charge in [-0.1, -0.05) is 15.9 Å². The van der Waals surface area contributed by atoms with Gasteiger partial charge in [-0.15, -0.1) is 12.3 Å². The van der Waals surface area contributed by atoms with E-state index in [0.29, 0.717) is 18.7 Å².